The van der Waals surface area contributed by atoms with E-state index in [2.05, 4.69) is 12.2 Å². The highest BCUT2D eigenvalue weighted by Crippen LogP contribution is 2.34. The van der Waals surface area contributed by atoms with Gasteiger partial charge >= 0.3 is 0 Å². The Morgan fingerprint density at radius 1 is 1.11 bits per heavy atom. The number of amides is 2. The fourth-order valence-electron chi connectivity index (χ4n) is 3.35. The Hall–Kier alpha value is -2.24. The van der Waals surface area contributed by atoms with Gasteiger partial charge in [0.1, 0.15) is 5.41 Å². The van der Waals surface area contributed by atoms with Gasteiger partial charge in [-0.25, -0.2) is 0 Å². The second-order valence-corrected chi connectivity index (χ2v) is 7.54. The van der Waals surface area contributed by atoms with Crippen LogP contribution in [0, 0.1) is 5.41 Å². The summed E-state index contributed by atoms with van der Waals surface area (Å²) in [6.45, 7) is 7.20. The fraction of sp³-hybridized carbons (Fsp3) is 0.619. The molecular weight excluding hydrogens is 344 g/mol. The van der Waals surface area contributed by atoms with Crippen LogP contribution in [-0.4, -0.2) is 44.0 Å². The molecule has 27 heavy (non-hydrogen) atoms. The zero-order valence-corrected chi connectivity index (χ0v) is 17.2. The van der Waals surface area contributed by atoms with Crippen molar-refractivity contribution >= 4 is 11.8 Å². The number of fused-ring (bicyclic) bond motifs is 1. The molecule has 2 rings (SSSR count). The monoisotopic (exact) mass is 376 g/mol. The Bertz CT molecular complexity index is 685. The first kappa shape index (κ1) is 21.1. The molecule has 0 unspecified atom stereocenters. The van der Waals surface area contributed by atoms with E-state index in [-0.39, 0.29) is 11.8 Å². The summed E-state index contributed by atoms with van der Waals surface area (Å²) in [6, 6.07) is 3.90. The predicted octanol–water partition coefficient (Wildman–Crippen LogP) is 2.92. The van der Waals surface area contributed by atoms with Gasteiger partial charge in [0.15, 0.2) is 11.5 Å². The number of hydrogen-bond donors (Lipinski definition) is 1. The van der Waals surface area contributed by atoms with Crippen molar-refractivity contribution in [2.75, 3.05) is 27.3 Å². The Balaban J connectivity index is 2.08. The van der Waals surface area contributed by atoms with Crippen LogP contribution in [0.4, 0.5) is 0 Å². The van der Waals surface area contributed by atoms with Gasteiger partial charge in [0.25, 0.3) is 0 Å². The summed E-state index contributed by atoms with van der Waals surface area (Å²) in [5.74, 6) is 0.999. The summed E-state index contributed by atoms with van der Waals surface area (Å²) in [6.07, 6.45) is 3.84. The summed E-state index contributed by atoms with van der Waals surface area (Å²) in [4.78, 5) is 27.4. The molecule has 150 valence electrons. The molecule has 1 N–H and O–H groups in total. The number of carbonyl (C=O) groups excluding carboxylic acids is 2. The Morgan fingerprint density at radius 3 is 2.33 bits per heavy atom. The van der Waals surface area contributed by atoms with Gasteiger partial charge < -0.3 is 19.7 Å². The predicted molar refractivity (Wildman–Crippen MR) is 105 cm³/mol. The van der Waals surface area contributed by atoms with Gasteiger partial charge in [0.05, 0.1) is 14.2 Å². The summed E-state index contributed by atoms with van der Waals surface area (Å²) in [7, 11) is 3.21. The van der Waals surface area contributed by atoms with Crippen molar-refractivity contribution in [3.63, 3.8) is 0 Å². The first-order valence-electron chi connectivity index (χ1n) is 9.66. The van der Waals surface area contributed by atoms with Crippen LogP contribution >= 0.6 is 0 Å². The largest absolute Gasteiger partial charge is 0.493 e. The summed E-state index contributed by atoms with van der Waals surface area (Å²) in [5.41, 5.74) is 1.10. The van der Waals surface area contributed by atoms with Gasteiger partial charge in [-0.05, 0) is 49.9 Å². The number of rotatable bonds is 8. The smallest absolute Gasteiger partial charge is 0.238 e. The lowest BCUT2D eigenvalue weighted by atomic mass is 9.88. The molecule has 1 aromatic carbocycles. The van der Waals surface area contributed by atoms with Gasteiger partial charge in [-0.3, -0.25) is 9.59 Å². The Labute approximate surface area is 162 Å². The molecule has 6 nitrogen and oxygen atoms in total. The van der Waals surface area contributed by atoms with E-state index < -0.39 is 5.41 Å². The van der Waals surface area contributed by atoms with Crippen LogP contribution in [0.2, 0.25) is 0 Å². The lowest BCUT2D eigenvalue weighted by Gasteiger charge is -2.34. The van der Waals surface area contributed by atoms with E-state index in [9.17, 15) is 9.59 Å². The molecule has 0 saturated carbocycles. The average molecular weight is 376 g/mol. The van der Waals surface area contributed by atoms with Crippen LogP contribution in [0.25, 0.3) is 0 Å². The molecule has 0 aromatic heterocycles. The van der Waals surface area contributed by atoms with E-state index in [1.54, 1.807) is 33.0 Å². The van der Waals surface area contributed by atoms with Crippen molar-refractivity contribution in [1.82, 2.24) is 10.2 Å². The normalized spacial score (nSPS) is 13.7. The zero-order chi connectivity index (χ0) is 20.0. The molecule has 0 saturated heterocycles. The highest BCUT2D eigenvalue weighted by Gasteiger charge is 2.40. The van der Waals surface area contributed by atoms with Crippen molar-refractivity contribution in [1.29, 1.82) is 0 Å². The topological polar surface area (TPSA) is 67.9 Å². The van der Waals surface area contributed by atoms with Crippen LogP contribution in [0.15, 0.2) is 12.1 Å². The molecule has 0 atom stereocenters. The second kappa shape index (κ2) is 9.11. The van der Waals surface area contributed by atoms with Crippen molar-refractivity contribution in [3.8, 4) is 11.5 Å². The molecular formula is C21H32N2O4. The minimum atomic E-state index is -1.08. The third-order valence-electron chi connectivity index (χ3n) is 5.17. The van der Waals surface area contributed by atoms with Crippen molar-refractivity contribution in [3.05, 3.63) is 23.3 Å². The molecule has 0 aliphatic carbocycles. The Kier molecular flexibility index (Phi) is 7.11. The number of nitrogens with one attached hydrogen (secondary N) is 1. The number of benzene rings is 1. The quantitative estimate of drug-likeness (QED) is 0.560. The maximum atomic E-state index is 13.0. The molecule has 1 heterocycles. The minimum absolute atomic E-state index is 0.143. The molecule has 0 fully saturated rings. The number of methoxy groups -OCH3 is 2. The van der Waals surface area contributed by atoms with Crippen LogP contribution in [0.5, 0.6) is 11.5 Å². The summed E-state index contributed by atoms with van der Waals surface area (Å²) in [5, 5.41) is 2.91. The van der Waals surface area contributed by atoms with Crippen molar-refractivity contribution in [2.45, 2.75) is 53.0 Å². The van der Waals surface area contributed by atoms with Gasteiger partial charge in [-0.1, -0.05) is 19.8 Å². The van der Waals surface area contributed by atoms with E-state index >= 15 is 0 Å². The minimum Gasteiger partial charge on any atom is -0.493 e. The lowest BCUT2D eigenvalue weighted by molar-refractivity contribution is -0.149. The molecule has 0 bridgehead atoms. The van der Waals surface area contributed by atoms with Crippen LogP contribution < -0.4 is 14.8 Å². The zero-order valence-electron chi connectivity index (χ0n) is 17.2. The number of ether oxygens (including phenoxy) is 2. The standard InChI is InChI=1S/C21H32N2O4/c1-6-7-8-10-22-19(24)21(2,3)20(25)23-11-9-15-12-17(26-4)18(27-5)13-16(15)14-23/h12-13H,6-11,14H2,1-5H3,(H,22,24). The van der Waals surface area contributed by atoms with E-state index in [0.29, 0.717) is 31.1 Å². The second-order valence-electron chi connectivity index (χ2n) is 7.54. The number of carbonyl (C=O) groups is 2. The first-order valence-corrected chi connectivity index (χ1v) is 9.66. The van der Waals surface area contributed by atoms with Crippen LogP contribution in [0.3, 0.4) is 0 Å². The van der Waals surface area contributed by atoms with Gasteiger partial charge in [-0.15, -0.1) is 0 Å². The van der Waals surface area contributed by atoms with Crippen LogP contribution in [0.1, 0.15) is 51.2 Å². The number of unbranched alkanes of at least 4 members (excludes halogenated alkanes) is 2. The van der Waals surface area contributed by atoms with Gasteiger partial charge in [0, 0.05) is 19.6 Å². The summed E-state index contributed by atoms with van der Waals surface area (Å²) < 4.78 is 10.7. The SMILES string of the molecule is CCCCCNC(=O)C(C)(C)C(=O)N1CCc2cc(OC)c(OC)cc2C1. The molecule has 2 amide bonds. The van der Waals surface area contributed by atoms with Crippen molar-refractivity contribution < 1.29 is 19.1 Å². The Morgan fingerprint density at radius 2 is 1.74 bits per heavy atom. The van der Waals surface area contributed by atoms with E-state index in [1.807, 2.05) is 12.1 Å². The first-order chi connectivity index (χ1) is 12.8. The maximum absolute atomic E-state index is 13.0. The number of hydrogen-bond acceptors (Lipinski definition) is 4. The maximum Gasteiger partial charge on any atom is 0.238 e. The van der Waals surface area contributed by atoms with Crippen molar-refractivity contribution in [2.24, 2.45) is 5.41 Å². The van der Waals surface area contributed by atoms with E-state index in [4.69, 9.17) is 9.47 Å². The molecule has 0 radical (unpaired) electrons. The summed E-state index contributed by atoms with van der Waals surface area (Å²) >= 11 is 0. The molecule has 0 spiro atoms. The van der Waals surface area contributed by atoms with Crippen LogP contribution in [-0.2, 0) is 22.6 Å². The molecule has 1 aliphatic rings. The molecule has 1 aromatic rings. The van der Waals surface area contributed by atoms with E-state index in [1.165, 1.54) is 0 Å². The molecule has 1 aliphatic heterocycles. The highest BCUT2D eigenvalue weighted by molar-refractivity contribution is 6.04. The third-order valence-corrected chi connectivity index (χ3v) is 5.17. The molecule has 6 heteroatoms. The fourth-order valence-corrected chi connectivity index (χ4v) is 3.35. The third kappa shape index (κ3) is 4.73. The van der Waals surface area contributed by atoms with Gasteiger partial charge in [0.2, 0.25) is 11.8 Å². The highest BCUT2D eigenvalue weighted by atomic mass is 16.5. The van der Waals surface area contributed by atoms with Gasteiger partial charge in [-0.2, -0.15) is 0 Å². The van der Waals surface area contributed by atoms with E-state index in [0.717, 1.165) is 36.8 Å². The number of nitrogens with zero attached hydrogens (tertiary/aromatic N) is 1. The average Bonchev–Trinajstić information content (AvgIpc) is 2.68. The lowest BCUT2D eigenvalue weighted by Crippen LogP contribution is -2.50.